The number of ether oxygens (including phenoxy) is 1. The molecule has 2 aliphatic rings. The van der Waals surface area contributed by atoms with Crippen LogP contribution in [0.2, 0.25) is 0 Å². The summed E-state index contributed by atoms with van der Waals surface area (Å²) in [6.45, 7) is 3.37. The second-order valence-corrected chi connectivity index (χ2v) is 6.69. The highest BCUT2D eigenvalue weighted by Gasteiger charge is 2.27. The molecule has 0 heterocycles. The van der Waals surface area contributed by atoms with Gasteiger partial charge in [0.05, 0.1) is 0 Å². The zero-order chi connectivity index (χ0) is 12.1. The van der Waals surface area contributed by atoms with E-state index in [1.807, 2.05) is 7.11 Å². The van der Waals surface area contributed by atoms with Gasteiger partial charge in [0.2, 0.25) is 0 Å². The third kappa shape index (κ3) is 4.28. The summed E-state index contributed by atoms with van der Waals surface area (Å²) >= 11 is 0. The third-order valence-corrected chi connectivity index (χ3v) is 5.15. The molecule has 0 spiro atoms. The largest absolute Gasteiger partial charge is 0.385 e. The fourth-order valence-electron chi connectivity index (χ4n) is 3.87. The Labute approximate surface area is 107 Å². The van der Waals surface area contributed by atoms with Gasteiger partial charge in [-0.3, -0.25) is 0 Å². The fraction of sp³-hybridized carbons (Fsp3) is 1.00. The molecule has 0 aromatic carbocycles. The van der Waals surface area contributed by atoms with Gasteiger partial charge in [0.15, 0.2) is 0 Å². The lowest BCUT2D eigenvalue weighted by Crippen LogP contribution is -2.22. The highest BCUT2D eigenvalue weighted by molar-refractivity contribution is 4.79. The average molecular weight is 238 g/mol. The molecule has 100 valence electrons. The van der Waals surface area contributed by atoms with Gasteiger partial charge in [-0.05, 0) is 42.9 Å². The summed E-state index contributed by atoms with van der Waals surface area (Å²) in [5.41, 5.74) is 0. The van der Waals surface area contributed by atoms with E-state index in [-0.39, 0.29) is 0 Å². The molecule has 2 fully saturated rings. The van der Waals surface area contributed by atoms with E-state index in [9.17, 15) is 0 Å². The first kappa shape index (κ1) is 13.4. The number of methoxy groups -OCH3 is 1. The second-order valence-electron chi connectivity index (χ2n) is 6.69. The van der Waals surface area contributed by atoms with E-state index in [2.05, 4.69) is 6.92 Å². The SMILES string of the molecule is COCCC1CCC(CCC2CC(C)C2)CC1. The summed E-state index contributed by atoms with van der Waals surface area (Å²) in [5, 5.41) is 0. The predicted molar refractivity (Wildman–Crippen MR) is 73.1 cm³/mol. The van der Waals surface area contributed by atoms with Crippen molar-refractivity contribution in [3.05, 3.63) is 0 Å². The van der Waals surface area contributed by atoms with Crippen LogP contribution in [0.3, 0.4) is 0 Å². The Morgan fingerprint density at radius 3 is 1.88 bits per heavy atom. The molecule has 0 unspecified atom stereocenters. The maximum Gasteiger partial charge on any atom is 0.0464 e. The molecule has 0 bridgehead atoms. The average Bonchev–Trinajstić information content (AvgIpc) is 2.32. The van der Waals surface area contributed by atoms with Gasteiger partial charge >= 0.3 is 0 Å². The van der Waals surface area contributed by atoms with Gasteiger partial charge in [0.25, 0.3) is 0 Å². The quantitative estimate of drug-likeness (QED) is 0.654. The summed E-state index contributed by atoms with van der Waals surface area (Å²) in [4.78, 5) is 0. The van der Waals surface area contributed by atoms with Crippen molar-refractivity contribution in [3.63, 3.8) is 0 Å². The Bertz CT molecular complexity index is 200. The molecule has 17 heavy (non-hydrogen) atoms. The van der Waals surface area contributed by atoms with Gasteiger partial charge in [-0.15, -0.1) is 0 Å². The molecular formula is C16H30O. The molecule has 1 heteroatoms. The van der Waals surface area contributed by atoms with E-state index in [0.29, 0.717) is 0 Å². The fourth-order valence-corrected chi connectivity index (χ4v) is 3.87. The molecule has 0 aliphatic heterocycles. The minimum atomic E-state index is 0.968. The van der Waals surface area contributed by atoms with Crippen molar-refractivity contribution >= 4 is 0 Å². The summed E-state index contributed by atoms with van der Waals surface area (Å²) in [6.07, 6.45) is 13.3. The van der Waals surface area contributed by atoms with Crippen LogP contribution in [0.15, 0.2) is 0 Å². The van der Waals surface area contributed by atoms with Gasteiger partial charge in [-0.25, -0.2) is 0 Å². The van der Waals surface area contributed by atoms with Gasteiger partial charge in [0, 0.05) is 13.7 Å². The van der Waals surface area contributed by atoms with Gasteiger partial charge in [0.1, 0.15) is 0 Å². The van der Waals surface area contributed by atoms with Crippen LogP contribution in [0.25, 0.3) is 0 Å². The zero-order valence-corrected chi connectivity index (χ0v) is 11.8. The molecule has 0 aromatic rings. The Kier molecular flexibility index (Phi) is 5.34. The van der Waals surface area contributed by atoms with E-state index in [1.54, 1.807) is 0 Å². The Morgan fingerprint density at radius 2 is 1.35 bits per heavy atom. The van der Waals surface area contributed by atoms with Crippen molar-refractivity contribution in [2.24, 2.45) is 23.7 Å². The first-order chi connectivity index (χ1) is 8.28. The number of hydrogen-bond donors (Lipinski definition) is 0. The number of rotatable bonds is 6. The van der Waals surface area contributed by atoms with Crippen LogP contribution in [0.4, 0.5) is 0 Å². The van der Waals surface area contributed by atoms with Crippen LogP contribution in [-0.2, 0) is 4.74 Å². The van der Waals surface area contributed by atoms with Crippen molar-refractivity contribution in [1.29, 1.82) is 0 Å². The van der Waals surface area contributed by atoms with Gasteiger partial charge in [-0.1, -0.05) is 45.4 Å². The molecule has 2 rings (SSSR count). The summed E-state index contributed by atoms with van der Waals surface area (Å²) in [6, 6.07) is 0. The lowest BCUT2D eigenvalue weighted by atomic mass is 9.71. The second kappa shape index (κ2) is 6.78. The van der Waals surface area contributed by atoms with E-state index in [1.165, 1.54) is 57.8 Å². The van der Waals surface area contributed by atoms with E-state index in [4.69, 9.17) is 4.74 Å². The monoisotopic (exact) mass is 238 g/mol. The normalized spacial score (nSPS) is 37.8. The van der Waals surface area contributed by atoms with Crippen LogP contribution in [0.5, 0.6) is 0 Å². The topological polar surface area (TPSA) is 9.23 Å². The van der Waals surface area contributed by atoms with Crippen LogP contribution >= 0.6 is 0 Å². The Balaban J connectivity index is 1.53. The molecular weight excluding hydrogens is 208 g/mol. The van der Waals surface area contributed by atoms with Crippen molar-refractivity contribution in [3.8, 4) is 0 Å². The molecule has 2 saturated carbocycles. The molecule has 0 N–H and O–H groups in total. The molecule has 0 saturated heterocycles. The van der Waals surface area contributed by atoms with Crippen LogP contribution in [-0.4, -0.2) is 13.7 Å². The Morgan fingerprint density at radius 1 is 0.824 bits per heavy atom. The van der Waals surface area contributed by atoms with Crippen molar-refractivity contribution in [1.82, 2.24) is 0 Å². The number of hydrogen-bond acceptors (Lipinski definition) is 1. The minimum absolute atomic E-state index is 0.968. The van der Waals surface area contributed by atoms with E-state index in [0.717, 1.165) is 30.3 Å². The van der Waals surface area contributed by atoms with Crippen molar-refractivity contribution in [2.45, 2.75) is 64.7 Å². The summed E-state index contributed by atoms with van der Waals surface area (Å²) in [5.74, 6) is 4.15. The highest BCUT2D eigenvalue weighted by Crippen LogP contribution is 2.39. The van der Waals surface area contributed by atoms with Gasteiger partial charge < -0.3 is 4.74 Å². The first-order valence-corrected chi connectivity index (χ1v) is 7.77. The smallest absolute Gasteiger partial charge is 0.0464 e. The molecule has 2 aliphatic carbocycles. The van der Waals surface area contributed by atoms with Crippen LogP contribution in [0, 0.1) is 23.7 Å². The van der Waals surface area contributed by atoms with E-state index < -0.39 is 0 Å². The molecule has 0 aromatic heterocycles. The lowest BCUT2D eigenvalue weighted by molar-refractivity contribution is 0.145. The zero-order valence-electron chi connectivity index (χ0n) is 11.8. The minimum Gasteiger partial charge on any atom is -0.385 e. The first-order valence-electron chi connectivity index (χ1n) is 7.77. The van der Waals surface area contributed by atoms with Crippen LogP contribution in [0.1, 0.15) is 64.7 Å². The molecule has 0 radical (unpaired) electrons. The predicted octanol–water partition coefficient (Wildman–Crippen LogP) is 4.66. The summed E-state index contributed by atoms with van der Waals surface area (Å²) < 4.78 is 5.18. The maximum atomic E-state index is 5.18. The van der Waals surface area contributed by atoms with Crippen molar-refractivity contribution in [2.75, 3.05) is 13.7 Å². The van der Waals surface area contributed by atoms with E-state index >= 15 is 0 Å². The Hall–Kier alpha value is -0.0400. The molecule has 0 amide bonds. The highest BCUT2D eigenvalue weighted by atomic mass is 16.5. The van der Waals surface area contributed by atoms with Crippen molar-refractivity contribution < 1.29 is 4.74 Å². The summed E-state index contributed by atoms with van der Waals surface area (Å²) in [7, 11) is 1.82. The molecule has 0 atom stereocenters. The lowest BCUT2D eigenvalue weighted by Gasteiger charge is -2.35. The maximum absolute atomic E-state index is 5.18. The van der Waals surface area contributed by atoms with Gasteiger partial charge in [-0.2, -0.15) is 0 Å². The third-order valence-electron chi connectivity index (χ3n) is 5.15. The van der Waals surface area contributed by atoms with Crippen LogP contribution < -0.4 is 0 Å². The molecule has 1 nitrogen and oxygen atoms in total. The standard InChI is InChI=1S/C16H30O/c1-13-11-16(12-13)8-7-14-3-5-15(6-4-14)9-10-17-2/h13-16H,3-12H2,1-2H3.